The lowest BCUT2D eigenvalue weighted by atomic mass is 10.2. The maximum Gasteiger partial charge on any atom is 0.175 e. The van der Waals surface area contributed by atoms with Gasteiger partial charge in [-0.15, -0.1) is 0 Å². The maximum absolute atomic E-state index is 11.7. The average molecular weight is 291 g/mol. The van der Waals surface area contributed by atoms with Gasteiger partial charge in [0.25, 0.3) is 0 Å². The van der Waals surface area contributed by atoms with E-state index >= 15 is 0 Å². The molecule has 0 spiro atoms. The van der Waals surface area contributed by atoms with Gasteiger partial charge in [0.2, 0.25) is 0 Å². The Morgan fingerprint density at radius 2 is 2.10 bits per heavy atom. The molecule has 2 aromatic rings. The third-order valence-corrected chi connectivity index (χ3v) is 4.62. The van der Waals surface area contributed by atoms with E-state index in [0.717, 1.165) is 35.6 Å². The van der Waals surface area contributed by atoms with Crippen LogP contribution in [0.2, 0.25) is 0 Å². The molecule has 0 saturated carbocycles. The summed E-state index contributed by atoms with van der Waals surface area (Å²) < 4.78 is 25.5. The molecule has 1 N–H and O–H groups in total. The zero-order valence-corrected chi connectivity index (χ0v) is 12.6. The minimum absolute atomic E-state index is 0.338. The second-order valence-electron chi connectivity index (χ2n) is 5.31. The molecule has 1 aliphatic heterocycles. The van der Waals surface area contributed by atoms with Gasteiger partial charge in [-0.25, -0.2) is 13.4 Å². The molecule has 0 unspecified atom stereocenters. The van der Waals surface area contributed by atoms with Gasteiger partial charge in [-0.3, -0.25) is 0 Å². The molecule has 0 bridgehead atoms. The lowest BCUT2D eigenvalue weighted by Crippen LogP contribution is -2.28. The fourth-order valence-electron chi connectivity index (χ4n) is 2.52. The standard InChI is InChI=1S/C14H17N3O2S/c1-9(2)13-14-16-11-5-4-10(20(3,18)19)8-12(11)17(14)7-6-15-13/h4-5,8,15H,6-7H2,1-3H3. The van der Waals surface area contributed by atoms with Crippen LogP contribution in [-0.4, -0.2) is 30.8 Å². The Labute approximate surface area is 118 Å². The number of aromatic nitrogens is 2. The quantitative estimate of drug-likeness (QED) is 0.870. The van der Waals surface area contributed by atoms with Crippen molar-refractivity contribution in [3.63, 3.8) is 0 Å². The molecule has 1 aromatic heterocycles. The first-order valence-corrected chi connectivity index (χ1v) is 8.39. The van der Waals surface area contributed by atoms with Gasteiger partial charge in [-0.1, -0.05) is 0 Å². The molecule has 0 saturated heterocycles. The van der Waals surface area contributed by atoms with Gasteiger partial charge < -0.3 is 9.88 Å². The van der Waals surface area contributed by atoms with E-state index in [4.69, 9.17) is 0 Å². The van der Waals surface area contributed by atoms with Gasteiger partial charge in [-0.05, 0) is 37.6 Å². The predicted molar refractivity (Wildman–Crippen MR) is 79.1 cm³/mol. The van der Waals surface area contributed by atoms with E-state index in [0.29, 0.717) is 4.90 Å². The topological polar surface area (TPSA) is 64.0 Å². The molecule has 3 rings (SSSR count). The molecular weight excluding hydrogens is 274 g/mol. The van der Waals surface area contributed by atoms with Gasteiger partial charge in [0.15, 0.2) is 15.7 Å². The highest BCUT2D eigenvalue weighted by Gasteiger charge is 2.20. The Hall–Kier alpha value is -1.82. The predicted octanol–water partition coefficient (Wildman–Crippen LogP) is 1.79. The van der Waals surface area contributed by atoms with Crippen LogP contribution in [0, 0.1) is 0 Å². The molecule has 0 radical (unpaired) electrons. The SMILES string of the molecule is CC(C)=C1NCCn2c1nc1ccc(S(C)(=O)=O)cc12. The second kappa shape index (κ2) is 4.34. The zero-order chi connectivity index (χ0) is 14.5. The highest BCUT2D eigenvalue weighted by atomic mass is 32.2. The van der Waals surface area contributed by atoms with Crippen LogP contribution in [0.4, 0.5) is 0 Å². The number of fused-ring (bicyclic) bond motifs is 3. The Morgan fingerprint density at radius 1 is 1.35 bits per heavy atom. The van der Waals surface area contributed by atoms with E-state index in [-0.39, 0.29) is 0 Å². The van der Waals surface area contributed by atoms with E-state index in [2.05, 4.69) is 14.9 Å². The van der Waals surface area contributed by atoms with Gasteiger partial charge in [0.05, 0.1) is 21.6 Å². The van der Waals surface area contributed by atoms with E-state index in [1.54, 1.807) is 18.2 Å². The van der Waals surface area contributed by atoms with Crippen molar-refractivity contribution in [3.8, 4) is 0 Å². The first kappa shape index (κ1) is 13.2. The van der Waals surface area contributed by atoms with E-state index in [9.17, 15) is 8.42 Å². The van der Waals surface area contributed by atoms with Crippen LogP contribution in [0.3, 0.4) is 0 Å². The molecule has 1 aliphatic rings. The molecule has 0 aliphatic carbocycles. The zero-order valence-electron chi connectivity index (χ0n) is 11.8. The van der Waals surface area contributed by atoms with E-state index in [1.807, 2.05) is 13.8 Å². The molecular formula is C14H17N3O2S. The lowest BCUT2D eigenvalue weighted by molar-refractivity contribution is 0.601. The van der Waals surface area contributed by atoms with Crippen LogP contribution in [0.5, 0.6) is 0 Å². The number of benzene rings is 1. The summed E-state index contributed by atoms with van der Waals surface area (Å²) in [5.74, 6) is 0.886. The fraction of sp³-hybridized carbons (Fsp3) is 0.357. The van der Waals surface area contributed by atoms with Crippen LogP contribution < -0.4 is 5.32 Å². The Balaban J connectivity index is 2.31. The Kier molecular flexibility index (Phi) is 2.86. The minimum atomic E-state index is -3.20. The van der Waals surface area contributed by atoms with Gasteiger partial charge in [0, 0.05) is 19.3 Å². The third-order valence-electron chi connectivity index (χ3n) is 3.51. The molecule has 20 heavy (non-hydrogen) atoms. The summed E-state index contributed by atoms with van der Waals surface area (Å²) in [4.78, 5) is 4.96. The summed E-state index contributed by atoms with van der Waals surface area (Å²) in [7, 11) is -3.20. The first-order chi connectivity index (χ1) is 9.38. The van der Waals surface area contributed by atoms with Crippen LogP contribution in [0.15, 0.2) is 28.7 Å². The maximum atomic E-state index is 11.7. The summed E-state index contributed by atoms with van der Waals surface area (Å²) in [5, 5.41) is 3.36. The molecule has 6 heteroatoms. The van der Waals surface area contributed by atoms with Gasteiger partial charge in [-0.2, -0.15) is 0 Å². The van der Waals surface area contributed by atoms with Crippen LogP contribution >= 0.6 is 0 Å². The van der Waals surface area contributed by atoms with Gasteiger partial charge in [0.1, 0.15) is 0 Å². The highest BCUT2D eigenvalue weighted by molar-refractivity contribution is 7.90. The van der Waals surface area contributed by atoms with Crippen molar-refractivity contribution in [1.82, 2.24) is 14.9 Å². The number of imidazole rings is 1. The third kappa shape index (κ3) is 2.00. The molecule has 1 aromatic carbocycles. The van der Waals surface area contributed by atoms with Gasteiger partial charge >= 0.3 is 0 Å². The summed E-state index contributed by atoms with van der Waals surface area (Å²) in [6.07, 6.45) is 1.23. The lowest BCUT2D eigenvalue weighted by Gasteiger charge is -2.21. The smallest absolute Gasteiger partial charge is 0.175 e. The Bertz CT molecular complexity index is 827. The fourth-order valence-corrected chi connectivity index (χ4v) is 3.16. The van der Waals surface area contributed by atoms with Crippen LogP contribution in [0.1, 0.15) is 19.7 Å². The normalized spacial score (nSPS) is 15.1. The summed E-state index contributed by atoms with van der Waals surface area (Å²) in [5.41, 5.74) is 3.91. The second-order valence-corrected chi connectivity index (χ2v) is 7.33. The number of hydrogen-bond donors (Lipinski definition) is 1. The number of nitrogens with zero attached hydrogens (tertiary/aromatic N) is 2. The number of allylic oxidation sites excluding steroid dienone is 1. The molecule has 106 valence electrons. The summed E-state index contributed by atoms with van der Waals surface area (Å²) >= 11 is 0. The van der Waals surface area contributed by atoms with Crippen molar-refractivity contribution in [1.29, 1.82) is 0 Å². The van der Waals surface area contributed by atoms with Crippen molar-refractivity contribution in [2.75, 3.05) is 12.8 Å². The van der Waals surface area contributed by atoms with Crippen molar-refractivity contribution in [2.24, 2.45) is 0 Å². The summed E-state index contributed by atoms with van der Waals surface area (Å²) in [6, 6.07) is 5.11. The van der Waals surface area contributed by atoms with E-state index < -0.39 is 9.84 Å². The number of rotatable bonds is 1. The van der Waals surface area contributed by atoms with Crippen molar-refractivity contribution in [2.45, 2.75) is 25.3 Å². The molecule has 0 amide bonds. The van der Waals surface area contributed by atoms with Crippen molar-refractivity contribution >= 4 is 26.6 Å². The molecule has 5 nitrogen and oxygen atoms in total. The monoisotopic (exact) mass is 291 g/mol. The minimum Gasteiger partial charge on any atom is -0.380 e. The van der Waals surface area contributed by atoms with Crippen molar-refractivity contribution < 1.29 is 8.42 Å². The molecule has 0 fully saturated rings. The number of nitrogens with one attached hydrogen (secondary N) is 1. The average Bonchev–Trinajstić information content (AvgIpc) is 2.74. The number of hydrogen-bond acceptors (Lipinski definition) is 4. The highest BCUT2D eigenvalue weighted by Crippen LogP contribution is 2.26. The van der Waals surface area contributed by atoms with Crippen molar-refractivity contribution in [3.05, 3.63) is 29.6 Å². The number of sulfone groups is 1. The molecule has 0 atom stereocenters. The summed E-state index contributed by atoms with van der Waals surface area (Å²) in [6.45, 7) is 5.69. The first-order valence-electron chi connectivity index (χ1n) is 6.50. The van der Waals surface area contributed by atoms with Crippen LogP contribution in [-0.2, 0) is 16.4 Å². The van der Waals surface area contributed by atoms with Crippen LogP contribution in [0.25, 0.3) is 16.7 Å². The molecule has 2 heterocycles. The largest absolute Gasteiger partial charge is 0.380 e. The Morgan fingerprint density at radius 3 is 2.75 bits per heavy atom. The van der Waals surface area contributed by atoms with E-state index in [1.165, 1.54) is 11.8 Å².